The Morgan fingerprint density at radius 3 is 2.64 bits per heavy atom. The fourth-order valence-corrected chi connectivity index (χ4v) is 0.887. The van der Waals surface area contributed by atoms with Gasteiger partial charge in [-0.3, -0.25) is 4.79 Å². The largest absolute Gasteiger partial charge is 0.481 e. The van der Waals surface area contributed by atoms with Gasteiger partial charge in [-0.05, 0) is 25.3 Å². The lowest BCUT2D eigenvalue weighted by atomic mass is 10.0. The number of carboxylic acid groups (broad SMARTS) is 1. The molecule has 0 fully saturated rings. The van der Waals surface area contributed by atoms with Gasteiger partial charge in [0.05, 0.1) is 0 Å². The zero-order valence-corrected chi connectivity index (χ0v) is 7.05. The van der Waals surface area contributed by atoms with Gasteiger partial charge in [-0.25, -0.2) is 0 Å². The van der Waals surface area contributed by atoms with Crippen LogP contribution in [-0.2, 0) is 4.79 Å². The van der Waals surface area contributed by atoms with Gasteiger partial charge in [0.25, 0.3) is 0 Å². The molecule has 0 aliphatic heterocycles. The Hall–Kier alpha value is -0.570. The smallest absolute Gasteiger partial charge is 0.303 e. The van der Waals surface area contributed by atoms with Crippen LogP contribution in [0.3, 0.4) is 0 Å². The second-order valence-corrected chi connectivity index (χ2v) is 2.98. The molecular formula is C8H17NO2. The summed E-state index contributed by atoms with van der Waals surface area (Å²) in [4.78, 5) is 10.1. The van der Waals surface area contributed by atoms with E-state index in [4.69, 9.17) is 10.8 Å². The van der Waals surface area contributed by atoms with E-state index in [1.807, 2.05) is 0 Å². The Labute approximate surface area is 67.6 Å². The summed E-state index contributed by atoms with van der Waals surface area (Å²) >= 11 is 0. The normalized spacial score (nSPS) is 12.9. The van der Waals surface area contributed by atoms with Crippen molar-refractivity contribution in [1.82, 2.24) is 0 Å². The van der Waals surface area contributed by atoms with Gasteiger partial charge in [0, 0.05) is 6.42 Å². The number of aliphatic carboxylic acids is 1. The topological polar surface area (TPSA) is 63.3 Å². The van der Waals surface area contributed by atoms with Crippen molar-refractivity contribution in [2.24, 2.45) is 11.7 Å². The molecule has 0 spiro atoms. The fraction of sp³-hybridized carbons (Fsp3) is 0.875. The summed E-state index contributed by atoms with van der Waals surface area (Å²) in [6.07, 6.45) is 3.09. The van der Waals surface area contributed by atoms with Crippen molar-refractivity contribution in [3.05, 3.63) is 0 Å². The van der Waals surface area contributed by atoms with Crippen molar-refractivity contribution in [3.8, 4) is 0 Å². The number of nitrogens with two attached hydrogens (primary N) is 1. The molecule has 0 heterocycles. The van der Waals surface area contributed by atoms with Crippen LogP contribution < -0.4 is 5.73 Å². The molecule has 0 amide bonds. The zero-order valence-electron chi connectivity index (χ0n) is 7.05. The van der Waals surface area contributed by atoms with E-state index in [0.29, 0.717) is 12.5 Å². The monoisotopic (exact) mass is 159 g/mol. The molecule has 1 atom stereocenters. The molecule has 0 bridgehead atoms. The minimum atomic E-state index is -0.703. The summed E-state index contributed by atoms with van der Waals surface area (Å²) in [5.41, 5.74) is 5.40. The number of rotatable bonds is 6. The Balaban J connectivity index is 3.08. The number of carbonyl (C=O) groups is 1. The Bertz CT molecular complexity index is 115. The van der Waals surface area contributed by atoms with E-state index >= 15 is 0 Å². The summed E-state index contributed by atoms with van der Waals surface area (Å²) in [5.74, 6) is -0.172. The van der Waals surface area contributed by atoms with Crippen molar-refractivity contribution >= 4 is 5.97 Å². The minimum Gasteiger partial charge on any atom is -0.481 e. The lowest BCUT2D eigenvalue weighted by Crippen LogP contribution is -2.10. The Kier molecular flexibility index (Phi) is 5.84. The van der Waals surface area contributed by atoms with Gasteiger partial charge in [-0.2, -0.15) is 0 Å². The van der Waals surface area contributed by atoms with Crippen LogP contribution in [0.25, 0.3) is 0 Å². The molecule has 0 aromatic rings. The van der Waals surface area contributed by atoms with Gasteiger partial charge >= 0.3 is 5.97 Å². The quantitative estimate of drug-likeness (QED) is 0.573. The van der Waals surface area contributed by atoms with E-state index < -0.39 is 5.97 Å². The van der Waals surface area contributed by atoms with Crippen LogP contribution in [0, 0.1) is 5.92 Å². The van der Waals surface area contributed by atoms with E-state index in [9.17, 15) is 4.79 Å². The SMILES string of the molecule is CC(CN)CCCCC(=O)O. The molecule has 0 aliphatic rings. The molecule has 3 nitrogen and oxygen atoms in total. The molecule has 0 aromatic carbocycles. The molecule has 11 heavy (non-hydrogen) atoms. The second kappa shape index (κ2) is 6.16. The highest BCUT2D eigenvalue weighted by Gasteiger charge is 2.00. The molecule has 3 heteroatoms. The predicted molar refractivity (Wildman–Crippen MR) is 44.3 cm³/mol. The summed E-state index contributed by atoms with van der Waals surface area (Å²) in [5, 5.41) is 8.31. The molecule has 0 saturated carbocycles. The Morgan fingerprint density at radius 1 is 1.55 bits per heavy atom. The summed E-state index contributed by atoms with van der Waals surface area (Å²) in [6.45, 7) is 2.79. The second-order valence-electron chi connectivity index (χ2n) is 2.98. The molecule has 0 radical (unpaired) electrons. The highest BCUT2D eigenvalue weighted by atomic mass is 16.4. The van der Waals surface area contributed by atoms with Crippen LogP contribution in [0.2, 0.25) is 0 Å². The average molecular weight is 159 g/mol. The van der Waals surface area contributed by atoms with Crippen LogP contribution >= 0.6 is 0 Å². The van der Waals surface area contributed by atoms with Gasteiger partial charge in [0.1, 0.15) is 0 Å². The zero-order chi connectivity index (χ0) is 8.69. The number of carboxylic acids is 1. The third kappa shape index (κ3) is 7.33. The van der Waals surface area contributed by atoms with Gasteiger partial charge in [-0.1, -0.05) is 13.3 Å². The Morgan fingerprint density at radius 2 is 2.18 bits per heavy atom. The van der Waals surface area contributed by atoms with Gasteiger partial charge in [0.2, 0.25) is 0 Å². The van der Waals surface area contributed by atoms with Gasteiger partial charge in [-0.15, -0.1) is 0 Å². The number of unbranched alkanes of at least 4 members (excludes halogenated alkanes) is 1. The van der Waals surface area contributed by atoms with Crippen molar-refractivity contribution in [3.63, 3.8) is 0 Å². The third-order valence-corrected chi connectivity index (χ3v) is 1.74. The molecule has 66 valence electrons. The van der Waals surface area contributed by atoms with Crippen LogP contribution in [0.5, 0.6) is 0 Å². The maximum atomic E-state index is 10.1. The fourth-order valence-electron chi connectivity index (χ4n) is 0.887. The molecule has 3 N–H and O–H groups in total. The molecule has 0 aromatic heterocycles. The lowest BCUT2D eigenvalue weighted by Gasteiger charge is -2.05. The molecule has 1 unspecified atom stereocenters. The summed E-state index contributed by atoms with van der Waals surface area (Å²) in [7, 11) is 0. The first-order chi connectivity index (χ1) is 5.16. The van der Waals surface area contributed by atoms with Gasteiger partial charge in [0.15, 0.2) is 0 Å². The first-order valence-electron chi connectivity index (χ1n) is 4.08. The maximum absolute atomic E-state index is 10.1. The minimum absolute atomic E-state index is 0.289. The lowest BCUT2D eigenvalue weighted by molar-refractivity contribution is -0.137. The van der Waals surface area contributed by atoms with Gasteiger partial charge < -0.3 is 10.8 Å². The third-order valence-electron chi connectivity index (χ3n) is 1.74. The standard InChI is InChI=1S/C8H17NO2/c1-7(6-9)4-2-3-5-8(10)11/h7H,2-6,9H2,1H3,(H,10,11). The van der Waals surface area contributed by atoms with Crippen molar-refractivity contribution in [1.29, 1.82) is 0 Å². The summed E-state index contributed by atoms with van der Waals surface area (Å²) in [6, 6.07) is 0. The van der Waals surface area contributed by atoms with E-state index in [2.05, 4.69) is 6.92 Å². The van der Waals surface area contributed by atoms with E-state index in [-0.39, 0.29) is 6.42 Å². The summed E-state index contributed by atoms with van der Waals surface area (Å²) < 4.78 is 0. The highest BCUT2D eigenvalue weighted by molar-refractivity contribution is 5.66. The average Bonchev–Trinajstić information content (AvgIpc) is 1.97. The van der Waals surface area contributed by atoms with Crippen molar-refractivity contribution in [2.75, 3.05) is 6.54 Å². The van der Waals surface area contributed by atoms with E-state index in [0.717, 1.165) is 19.3 Å². The van der Waals surface area contributed by atoms with Crippen LogP contribution in [-0.4, -0.2) is 17.6 Å². The predicted octanol–water partition coefficient (Wildman–Crippen LogP) is 1.23. The van der Waals surface area contributed by atoms with Crippen LogP contribution in [0.4, 0.5) is 0 Å². The highest BCUT2D eigenvalue weighted by Crippen LogP contribution is 2.07. The molecular weight excluding hydrogens is 142 g/mol. The van der Waals surface area contributed by atoms with Crippen molar-refractivity contribution in [2.45, 2.75) is 32.6 Å². The number of hydrogen-bond acceptors (Lipinski definition) is 2. The first kappa shape index (κ1) is 10.4. The van der Waals surface area contributed by atoms with Crippen molar-refractivity contribution < 1.29 is 9.90 Å². The molecule has 0 aliphatic carbocycles. The van der Waals surface area contributed by atoms with E-state index in [1.54, 1.807) is 0 Å². The van der Waals surface area contributed by atoms with Crippen LogP contribution in [0.15, 0.2) is 0 Å². The molecule has 0 saturated heterocycles. The number of hydrogen-bond donors (Lipinski definition) is 2. The first-order valence-corrected chi connectivity index (χ1v) is 4.08. The molecule has 0 rings (SSSR count). The van der Waals surface area contributed by atoms with E-state index in [1.165, 1.54) is 0 Å². The maximum Gasteiger partial charge on any atom is 0.303 e. The van der Waals surface area contributed by atoms with Crippen LogP contribution in [0.1, 0.15) is 32.6 Å².